The molecule has 0 spiro atoms. The van der Waals surface area contributed by atoms with Crippen LogP contribution >= 0.6 is 11.8 Å². The summed E-state index contributed by atoms with van der Waals surface area (Å²) in [5.74, 6) is 1.07. The van der Waals surface area contributed by atoms with Gasteiger partial charge in [-0.1, -0.05) is 13.3 Å². The van der Waals surface area contributed by atoms with Gasteiger partial charge in [0.2, 0.25) is 0 Å². The highest BCUT2D eigenvalue weighted by atomic mass is 32.2. The topological polar surface area (TPSA) is 106 Å². The molecule has 0 fully saturated rings. The molecule has 2 aromatic rings. The molecule has 0 saturated heterocycles. The van der Waals surface area contributed by atoms with Crippen LogP contribution in [0.3, 0.4) is 0 Å². The van der Waals surface area contributed by atoms with Crippen LogP contribution in [0.4, 0.5) is 5.69 Å². The highest BCUT2D eigenvalue weighted by molar-refractivity contribution is 8.01. The Bertz CT molecular complexity index is 1050. The predicted molar refractivity (Wildman–Crippen MR) is 138 cm³/mol. The van der Waals surface area contributed by atoms with Crippen LogP contribution in [0.15, 0.2) is 34.0 Å². The van der Waals surface area contributed by atoms with Gasteiger partial charge in [0.1, 0.15) is 27.7 Å². The molecule has 0 radical (unpaired) electrons. The van der Waals surface area contributed by atoms with Crippen molar-refractivity contribution < 1.29 is 14.3 Å². The van der Waals surface area contributed by atoms with Gasteiger partial charge in [-0.2, -0.15) is 0 Å². The lowest BCUT2D eigenvalue weighted by molar-refractivity contribution is -0.145. The van der Waals surface area contributed by atoms with Gasteiger partial charge in [-0.05, 0) is 64.8 Å². The number of nitrogens with zero attached hydrogens (tertiary/aromatic N) is 2. The maximum atomic E-state index is 12.9. The molecule has 0 unspecified atom stereocenters. The molecule has 1 aromatic heterocycles. The molecular weight excluding hydrogens is 452 g/mol. The zero-order chi connectivity index (χ0) is 25.3. The number of thioether (sulfide) groups is 1. The second kappa shape index (κ2) is 12.6. The van der Waals surface area contributed by atoms with Crippen LogP contribution in [0.5, 0.6) is 5.75 Å². The quantitative estimate of drug-likeness (QED) is 0.183. The molecule has 2 N–H and O–H groups in total. The van der Waals surface area contributed by atoms with Gasteiger partial charge in [0.25, 0.3) is 5.56 Å². The zero-order valence-corrected chi connectivity index (χ0v) is 21.8. The van der Waals surface area contributed by atoms with Crippen molar-refractivity contribution in [3.05, 3.63) is 46.1 Å². The van der Waals surface area contributed by atoms with Crippen LogP contribution in [-0.4, -0.2) is 46.2 Å². The van der Waals surface area contributed by atoms with Crippen LogP contribution < -0.4 is 15.6 Å². The van der Waals surface area contributed by atoms with Crippen LogP contribution in [-0.2, 0) is 16.1 Å². The van der Waals surface area contributed by atoms with Crippen molar-refractivity contribution >= 4 is 29.1 Å². The maximum Gasteiger partial charge on any atom is 0.321 e. The third kappa shape index (κ3) is 7.09. The molecule has 9 heteroatoms. The number of nitrogens with one attached hydrogen (secondary N) is 2. The predicted octanol–water partition coefficient (Wildman–Crippen LogP) is 4.66. The van der Waals surface area contributed by atoms with Crippen molar-refractivity contribution in [2.75, 3.05) is 25.6 Å². The second-order valence-electron chi connectivity index (χ2n) is 8.32. The minimum atomic E-state index is -0.672. The van der Waals surface area contributed by atoms with Gasteiger partial charge in [0.05, 0.1) is 18.9 Å². The fourth-order valence-electron chi connectivity index (χ4n) is 3.39. The van der Waals surface area contributed by atoms with E-state index in [4.69, 9.17) is 14.9 Å². The zero-order valence-electron chi connectivity index (χ0n) is 21.0. The van der Waals surface area contributed by atoms with Crippen molar-refractivity contribution in [3.63, 3.8) is 0 Å². The first-order valence-corrected chi connectivity index (χ1v) is 12.4. The molecule has 0 aliphatic carbocycles. The first-order chi connectivity index (χ1) is 16.1. The van der Waals surface area contributed by atoms with Gasteiger partial charge < -0.3 is 20.2 Å². The van der Waals surface area contributed by atoms with E-state index in [0.29, 0.717) is 55.5 Å². The third-order valence-electron chi connectivity index (χ3n) is 5.15. The number of anilines is 1. The fourth-order valence-corrected chi connectivity index (χ4v) is 4.40. The van der Waals surface area contributed by atoms with E-state index in [0.717, 1.165) is 17.1 Å². The Morgan fingerprint density at radius 1 is 1.24 bits per heavy atom. The number of aromatic nitrogens is 2. The summed E-state index contributed by atoms with van der Waals surface area (Å²) in [5, 5.41) is 11.1. The maximum absolute atomic E-state index is 12.9. The Morgan fingerprint density at radius 3 is 2.50 bits per heavy atom. The molecule has 2 rings (SSSR count). The molecule has 34 heavy (non-hydrogen) atoms. The van der Waals surface area contributed by atoms with E-state index in [-0.39, 0.29) is 11.5 Å². The molecule has 1 heterocycles. The summed E-state index contributed by atoms with van der Waals surface area (Å²) in [7, 11) is 1.68. The van der Waals surface area contributed by atoms with E-state index >= 15 is 0 Å². The summed E-state index contributed by atoms with van der Waals surface area (Å²) in [6, 6.07) is 7.58. The lowest BCUT2D eigenvalue weighted by atomic mass is 10.1. The van der Waals surface area contributed by atoms with E-state index in [1.165, 1.54) is 11.8 Å². The first-order valence-electron chi connectivity index (χ1n) is 11.6. The SMILES string of the molecule is CCCC(=N)c1nc(C)n(CCCOc2ccc(SC(C)(C)C(=O)OCC)cc2)c(=O)c1NC. The number of benzene rings is 1. The second-order valence-corrected chi connectivity index (χ2v) is 10.0. The monoisotopic (exact) mass is 488 g/mol. The van der Waals surface area contributed by atoms with Gasteiger partial charge in [-0.25, -0.2) is 4.98 Å². The number of carbonyl (C=O) groups excluding carboxylic acids is 1. The van der Waals surface area contributed by atoms with Gasteiger partial charge >= 0.3 is 5.97 Å². The van der Waals surface area contributed by atoms with E-state index in [1.54, 1.807) is 25.5 Å². The molecule has 1 aromatic carbocycles. The average molecular weight is 489 g/mol. The molecule has 0 atom stereocenters. The van der Waals surface area contributed by atoms with E-state index < -0.39 is 4.75 Å². The number of carbonyl (C=O) groups is 1. The van der Waals surface area contributed by atoms with Gasteiger partial charge in [0.15, 0.2) is 0 Å². The Labute approximate surface area is 206 Å². The van der Waals surface area contributed by atoms with E-state index in [1.807, 2.05) is 45.0 Å². The molecule has 8 nitrogen and oxygen atoms in total. The average Bonchev–Trinajstić information content (AvgIpc) is 2.79. The summed E-state index contributed by atoms with van der Waals surface area (Å²) in [6.07, 6.45) is 2.03. The standard InChI is InChI=1S/C25H36N4O4S/c1-7-10-20(26)21-22(27-6)23(30)29(17(3)28-21)15-9-16-33-18-11-13-19(14-12-18)34-25(4,5)24(31)32-8-2/h11-14,26-27H,7-10,15-16H2,1-6H3. The fraction of sp³-hybridized carbons (Fsp3) is 0.520. The number of hydrogen-bond donors (Lipinski definition) is 2. The summed E-state index contributed by atoms with van der Waals surface area (Å²) in [4.78, 5) is 30.5. The number of aryl methyl sites for hydroxylation is 1. The Hall–Kier alpha value is -2.81. The molecule has 0 aliphatic heterocycles. The summed E-state index contributed by atoms with van der Waals surface area (Å²) in [6.45, 7) is 10.5. The minimum Gasteiger partial charge on any atom is -0.494 e. The summed E-state index contributed by atoms with van der Waals surface area (Å²) in [5.41, 5.74) is 0.999. The summed E-state index contributed by atoms with van der Waals surface area (Å²) < 4.78 is 11.9. The smallest absolute Gasteiger partial charge is 0.321 e. The molecule has 0 bridgehead atoms. The van der Waals surface area contributed by atoms with E-state index in [9.17, 15) is 9.59 Å². The van der Waals surface area contributed by atoms with Gasteiger partial charge in [-0.15, -0.1) is 11.8 Å². The number of ether oxygens (including phenoxy) is 2. The molecule has 0 aliphatic rings. The lowest BCUT2D eigenvalue weighted by Gasteiger charge is -2.21. The summed E-state index contributed by atoms with van der Waals surface area (Å²) >= 11 is 1.44. The Kier molecular flexibility index (Phi) is 10.2. The normalized spacial score (nSPS) is 11.2. The van der Waals surface area contributed by atoms with Crippen molar-refractivity contribution in [1.82, 2.24) is 9.55 Å². The van der Waals surface area contributed by atoms with Gasteiger partial charge in [0, 0.05) is 18.5 Å². The molecule has 0 amide bonds. The highest BCUT2D eigenvalue weighted by Gasteiger charge is 2.30. The van der Waals surface area contributed by atoms with Crippen molar-refractivity contribution in [1.29, 1.82) is 5.41 Å². The number of esters is 1. The molecule has 186 valence electrons. The third-order valence-corrected chi connectivity index (χ3v) is 6.34. The van der Waals surface area contributed by atoms with Gasteiger partial charge in [-0.3, -0.25) is 14.2 Å². The Morgan fingerprint density at radius 2 is 1.91 bits per heavy atom. The largest absolute Gasteiger partial charge is 0.494 e. The van der Waals surface area contributed by atoms with Crippen LogP contribution in [0, 0.1) is 12.3 Å². The Balaban J connectivity index is 1.96. The minimum absolute atomic E-state index is 0.170. The number of rotatable bonds is 13. The van der Waals surface area contributed by atoms with E-state index in [2.05, 4.69) is 10.3 Å². The first kappa shape index (κ1) is 27.4. The van der Waals surface area contributed by atoms with Crippen molar-refractivity contribution in [2.24, 2.45) is 0 Å². The lowest BCUT2D eigenvalue weighted by Crippen LogP contribution is -2.30. The van der Waals surface area contributed by atoms with Crippen LogP contribution in [0.2, 0.25) is 0 Å². The van der Waals surface area contributed by atoms with Crippen molar-refractivity contribution in [2.45, 2.75) is 70.1 Å². The van der Waals surface area contributed by atoms with Crippen molar-refractivity contribution in [3.8, 4) is 5.75 Å². The molecule has 0 saturated carbocycles. The number of hydrogen-bond acceptors (Lipinski definition) is 8. The highest BCUT2D eigenvalue weighted by Crippen LogP contribution is 2.34. The molecular formula is C25H36N4O4S. The van der Waals surface area contributed by atoms with Crippen LogP contribution in [0.25, 0.3) is 0 Å². The van der Waals surface area contributed by atoms with Crippen LogP contribution in [0.1, 0.15) is 58.5 Å².